The number of hydrogen-bond donors (Lipinski definition) is 1. The van der Waals surface area contributed by atoms with Gasteiger partial charge in [-0.15, -0.1) is 0 Å². The molecule has 0 atom stereocenters. The second-order valence-electron chi connectivity index (χ2n) is 5.14. The van der Waals surface area contributed by atoms with E-state index < -0.39 is 0 Å². The van der Waals surface area contributed by atoms with E-state index in [0.717, 1.165) is 12.8 Å². The van der Waals surface area contributed by atoms with Gasteiger partial charge in [-0.05, 0) is 49.4 Å². The minimum Gasteiger partial charge on any atom is -0.393 e. The van der Waals surface area contributed by atoms with Crippen LogP contribution in [0.3, 0.4) is 0 Å². The Bertz CT molecular complexity index is 455. The van der Waals surface area contributed by atoms with Crippen molar-refractivity contribution in [2.24, 2.45) is 5.92 Å². The third-order valence-corrected chi connectivity index (χ3v) is 3.51. The molecule has 1 saturated carbocycles. The van der Waals surface area contributed by atoms with Crippen molar-refractivity contribution in [3.05, 3.63) is 35.1 Å². The molecule has 1 aromatic carbocycles. The van der Waals surface area contributed by atoms with Crippen molar-refractivity contribution in [1.29, 1.82) is 0 Å². The standard InChI is InChI=1S/C14H18FNO2/c1-9-5-11(15)3-4-13(9)14(18)16(2)8-10-6-12(17)7-10/h3-5,10,12,17H,6-8H2,1-2H3. The van der Waals surface area contributed by atoms with Gasteiger partial charge in [0.05, 0.1) is 6.10 Å². The largest absolute Gasteiger partial charge is 0.393 e. The van der Waals surface area contributed by atoms with Crippen LogP contribution < -0.4 is 0 Å². The molecule has 0 aromatic heterocycles. The van der Waals surface area contributed by atoms with Gasteiger partial charge in [-0.25, -0.2) is 4.39 Å². The predicted molar refractivity (Wildman–Crippen MR) is 66.8 cm³/mol. The van der Waals surface area contributed by atoms with Crippen LogP contribution in [0.4, 0.5) is 4.39 Å². The van der Waals surface area contributed by atoms with Gasteiger partial charge < -0.3 is 10.0 Å². The summed E-state index contributed by atoms with van der Waals surface area (Å²) in [6.07, 6.45) is 1.33. The quantitative estimate of drug-likeness (QED) is 0.892. The van der Waals surface area contributed by atoms with Crippen molar-refractivity contribution >= 4 is 5.91 Å². The molecule has 0 heterocycles. The normalized spacial score (nSPS) is 22.4. The summed E-state index contributed by atoms with van der Waals surface area (Å²) in [5.41, 5.74) is 1.19. The lowest BCUT2D eigenvalue weighted by Gasteiger charge is -2.34. The van der Waals surface area contributed by atoms with Crippen LogP contribution in [0.15, 0.2) is 18.2 Å². The van der Waals surface area contributed by atoms with E-state index in [4.69, 9.17) is 0 Å². The number of benzene rings is 1. The van der Waals surface area contributed by atoms with E-state index in [1.54, 1.807) is 18.9 Å². The maximum Gasteiger partial charge on any atom is 0.253 e. The first-order chi connectivity index (χ1) is 8.47. The smallest absolute Gasteiger partial charge is 0.253 e. The van der Waals surface area contributed by atoms with Crippen LogP contribution in [0, 0.1) is 18.7 Å². The Kier molecular flexibility index (Phi) is 3.66. The molecule has 98 valence electrons. The van der Waals surface area contributed by atoms with Gasteiger partial charge in [-0.1, -0.05) is 0 Å². The highest BCUT2D eigenvalue weighted by Crippen LogP contribution is 2.28. The van der Waals surface area contributed by atoms with Crippen molar-refractivity contribution < 1.29 is 14.3 Å². The van der Waals surface area contributed by atoms with Crippen molar-refractivity contribution in [3.63, 3.8) is 0 Å². The van der Waals surface area contributed by atoms with E-state index >= 15 is 0 Å². The fourth-order valence-corrected chi connectivity index (χ4v) is 2.39. The van der Waals surface area contributed by atoms with Crippen molar-refractivity contribution in [2.75, 3.05) is 13.6 Å². The Morgan fingerprint density at radius 1 is 1.50 bits per heavy atom. The second-order valence-corrected chi connectivity index (χ2v) is 5.14. The highest BCUT2D eigenvalue weighted by molar-refractivity contribution is 5.95. The van der Waals surface area contributed by atoms with Crippen LogP contribution >= 0.6 is 0 Å². The average molecular weight is 251 g/mol. The van der Waals surface area contributed by atoms with Crippen molar-refractivity contribution in [3.8, 4) is 0 Å². The summed E-state index contributed by atoms with van der Waals surface area (Å²) < 4.78 is 13.0. The number of aliphatic hydroxyl groups excluding tert-OH is 1. The third kappa shape index (κ3) is 2.70. The predicted octanol–water partition coefficient (Wildman–Crippen LogP) is 1.98. The Labute approximate surface area is 106 Å². The maximum atomic E-state index is 13.0. The summed E-state index contributed by atoms with van der Waals surface area (Å²) in [6, 6.07) is 4.20. The molecule has 0 spiro atoms. The highest BCUT2D eigenvalue weighted by Gasteiger charge is 2.29. The zero-order chi connectivity index (χ0) is 13.3. The first kappa shape index (κ1) is 13.0. The van der Waals surface area contributed by atoms with Gasteiger partial charge in [0, 0.05) is 19.2 Å². The molecule has 1 aliphatic carbocycles. The highest BCUT2D eigenvalue weighted by atomic mass is 19.1. The fraction of sp³-hybridized carbons (Fsp3) is 0.500. The molecule has 4 heteroatoms. The molecule has 0 radical (unpaired) electrons. The molecule has 2 rings (SSSR count). The minimum atomic E-state index is -0.325. The zero-order valence-electron chi connectivity index (χ0n) is 10.7. The lowest BCUT2D eigenvalue weighted by atomic mass is 9.82. The summed E-state index contributed by atoms with van der Waals surface area (Å²) >= 11 is 0. The zero-order valence-corrected chi connectivity index (χ0v) is 10.7. The number of hydrogen-bond acceptors (Lipinski definition) is 2. The molecule has 0 unspecified atom stereocenters. The third-order valence-electron chi connectivity index (χ3n) is 3.51. The van der Waals surface area contributed by atoms with Gasteiger partial charge in [0.15, 0.2) is 0 Å². The Hall–Kier alpha value is -1.42. The number of aryl methyl sites for hydroxylation is 1. The van der Waals surface area contributed by atoms with Crippen LogP contribution in [-0.4, -0.2) is 35.6 Å². The molecular weight excluding hydrogens is 233 g/mol. The average Bonchev–Trinajstić information content (AvgIpc) is 2.26. The van der Waals surface area contributed by atoms with E-state index in [-0.39, 0.29) is 17.8 Å². The number of carbonyl (C=O) groups excluding carboxylic acids is 1. The van der Waals surface area contributed by atoms with Gasteiger partial charge in [-0.3, -0.25) is 4.79 Å². The SMILES string of the molecule is Cc1cc(F)ccc1C(=O)N(C)CC1CC(O)C1. The van der Waals surface area contributed by atoms with Crippen LogP contribution in [0.5, 0.6) is 0 Å². The summed E-state index contributed by atoms with van der Waals surface area (Å²) in [5.74, 6) is -0.0302. The summed E-state index contributed by atoms with van der Waals surface area (Å²) in [4.78, 5) is 13.8. The van der Waals surface area contributed by atoms with Gasteiger partial charge in [0.1, 0.15) is 5.82 Å². The Morgan fingerprint density at radius 2 is 2.17 bits per heavy atom. The molecule has 1 aromatic rings. The molecule has 0 saturated heterocycles. The first-order valence-corrected chi connectivity index (χ1v) is 6.17. The van der Waals surface area contributed by atoms with Gasteiger partial charge in [0.2, 0.25) is 0 Å². The van der Waals surface area contributed by atoms with Crippen LogP contribution in [0.2, 0.25) is 0 Å². The maximum absolute atomic E-state index is 13.0. The van der Waals surface area contributed by atoms with Crippen molar-refractivity contribution in [2.45, 2.75) is 25.9 Å². The van der Waals surface area contributed by atoms with Crippen LogP contribution in [0.25, 0.3) is 0 Å². The number of carbonyl (C=O) groups is 1. The summed E-state index contributed by atoms with van der Waals surface area (Å²) in [5, 5.41) is 9.22. The van der Waals surface area contributed by atoms with E-state index in [0.29, 0.717) is 23.6 Å². The molecule has 0 aliphatic heterocycles. The van der Waals surface area contributed by atoms with E-state index in [1.807, 2.05) is 0 Å². The molecule has 1 fully saturated rings. The number of halogens is 1. The van der Waals surface area contributed by atoms with Gasteiger partial charge in [-0.2, -0.15) is 0 Å². The molecule has 1 aliphatic rings. The van der Waals surface area contributed by atoms with Gasteiger partial charge >= 0.3 is 0 Å². The summed E-state index contributed by atoms with van der Waals surface area (Å²) in [6.45, 7) is 2.38. The second kappa shape index (κ2) is 5.06. The number of nitrogens with zero attached hydrogens (tertiary/aromatic N) is 1. The molecule has 0 bridgehead atoms. The molecule has 3 nitrogen and oxygen atoms in total. The fourth-order valence-electron chi connectivity index (χ4n) is 2.39. The minimum absolute atomic E-state index is 0.0890. The first-order valence-electron chi connectivity index (χ1n) is 6.17. The van der Waals surface area contributed by atoms with Crippen LogP contribution in [0.1, 0.15) is 28.8 Å². The van der Waals surface area contributed by atoms with Gasteiger partial charge in [0.25, 0.3) is 5.91 Å². The number of aliphatic hydroxyl groups is 1. The van der Waals surface area contributed by atoms with E-state index in [2.05, 4.69) is 0 Å². The monoisotopic (exact) mass is 251 g/mol. The number of rotatable bonds is 3. The molecule has 1 N–H and O–H groups in total. The van der Waals surface area contributed by atoms with Crippen LogP contribution in [-0.2, 0) is 0 Å². The van der Waals surface area contributed by atoms with Crippen molar-refractivity contribution in [1.82, 2.24) is 4.90 Å². The number of amides is 1. The molecule has 1 amide bonds. The molecular formula is C14H18FNO2. The Morgan fingerprint density at radius 3 is 2.72 bits per heavy atom. The summed E-state index contributed by atoms with van der Waals surface area (Å²) in [7, 11) is 1.75. The Balaban J connectivity index is 2.01. The topological polar surface area (TPSA) is 40.5 Å². The molecule has 18 heavy (non-hydrogen) atoms. The van der Waals surface area contributed by atoms with E-state index in [1.165, 1.54) is 18.2 Å². The lowest BCUT2D eigenvalue weighted by molar-refractivity contribution is 0.0265. The van der Waals surface area contributed by atoms with E-state index in [9.17, 15) is 14.3 Å². The lowest BCUT2D eigenvalue weighted by Crippen LogP contribution is -2.39.